The zero-order valence-electron chi connectivity index (χ0n) is 15.8. The Bertz CT molecular complexity index is 902. The Kier molecular flexibility index (Phi) is 7.46. The lowest BCUT2D eigenvalue weighted by molar-refractivity contribution is -0.670. The minimum atomic E-state index is -0.139. The van der Waals surface area contributed by atoms with Crippen LogP contribution in [0.3, 0.4) is 0 Å². The first-order valence-electron chi connectivity index (χ1n) is 9.25. The number of ether oxygens (including phenoxy) is 2. The van der Waals surface area contributed by atoms with E-state index in [9.17, 15) is 4.39 Å². The highest BCUT2D eigenvalue weighted by atomic mass is 79.9. The monoisotopic (exact) mass is 444 g/mol. The highest BCUT2D eigenvalue weighted by Gasteiger charge is 2.13. The fourth-order valence-corrected chi connectivity index (χ4v) is 3.59. The highest BCUT2D eigenvalue weighted by Crippen LogP contribution is 2.37. The van der Waals surface area contributed by atoms with E-state index in [2.05, 4.69) is 21.2 Å². The van der Waals surface area contributed by atoms with Crippen molar-refractivity contribution < 1.29 is 19.2 Å². The van der Waals surface area contributed by atoms with Crippen molar-refractivity contribution in [2.45, 2.75) is 19.6 Å². The Morgan fingerprint density at radius 2 is 1.71 bits per heavy atom. The van der Waals surface area contributed by atoms with Crippen molar-refractivity contribution in [3.8, 4) is 11.5 Å². The number of nitrogens with two attached hydrogens (primary N) is 1. The molecule has 0 heterocycles. The smallest absolute Gasteiger partial charge is 0.175 e. The lowest BCUT2D eigenvalue weighted by atomic mass is 10.1. The van der Waals surface area contributed by atoms with E-state index in [1.165, 1.54) is 6.07 Å². The molecule has 3 rings (SSSR count). The maximum Gasteiger partial charge on any atom is 0.175 e. The van der Waals surface area contributed by atoms with Gasteiger partial charge in [0.25, 0.3) is 0 Å². The van der Waals surface area contributed by atoms with Gasteiger partial charge in [-0.2, -0.15) is 0 Å². The number of quaternary nitrogens is 1. The molecule has 0 aliphatic heterocycles. The van der Waals surface area contributed by atoms with E-state index in [1.54, 1.807) is 13.2 Å². The van der Waals surface area contributed by atoms with Gasteiger partial charge in [-0.05, 0) is 45.3 Å². The summed E-state index contributed by atoms with van der Waals surface area (Å²) in [5.74, 6) is 1.25. The lowest BCUT2D eigenvalue weighted by Crippen LogP contribution is -2.83. The molecule has 0 atom stereocenters. The van der Waals surface area contributed by atoms with Gasteiger partial charge < -0.3 is 14.8 Å². The van der Waals surface area contributed by atoms with E-state index in [0.717, 1.165) is 34.3 Å². The topological polar surface area (TPSA) is 35.1 Å². The van der Waals surface area contributed by atoms with Crippen LogP contribution in [0.2, 0.25) is 0 Å². The highest BCUT2D eigenvalue weighted by molar-refractivity contribution is 9.10. The molecule has 0 saturated carbocycles. The zero-order chi connectivity index (χ0) is 19.8. The fourth-order valence-electron chi connectivity index (χ4n) is 2.99. The minimum absolute atomic E-state index is 0.139. The molecule has 0 amide bonds. The summed E-state index contributed by atoms with van der Waals surface area (Å²) in [7, 11) is 1.64. The van der Waals surface area contributed by atoms with Crippen LogP contribution in [0, 0.1) is 5.82 Å². The van der Waals surface area contributed by atoms with Crippen molar-refractivity contribution in [1.29, 1.82) is 0 Å². The van der Waals surface area contributed by atoms with Crippen LogP contribution < -0.4 is 14.8 Å². The molecule has 0 unspecified atom stereocenters. The second-order valence-corrected chi connectivity index (χ2v) is 7.36. The first-order valence-corrected chi connectivity index (χ1v) is 10.0. The molecule has 3 aromatic rings. The summed E-state index contributed by atoms with van der Waals surface area (Å²) < 4.78 is 26.0. The molecule has 3 nitrogen and oxygen atoms in total. The minimum Gasteiger partial charge on any atom is -0.493 e. The Morgan fingerprint density at radius 1 is 0.964 bits per heavy atom. The molecule has 0 spiro atoms. The standard InChI is InChI=1S/C23H23BrFNO2/c1-27-22-14-18(15-26-12-11-19-9-5-6-10-21(19)25)13-20(24)23(22)28-16-17-7-3-2-4-8-17/h2-10,13-14,26H,11-12,15-16H2,1H3/p+1. The predicted octanol–water partition coefficient (Wildman–Crippen LogP) is 4.48. The normalized spacial score (nSPS) is 10.7. The first-order chi connectivity index (χ1) is 13.7. The lowest BCUT2D eigenvalue weighted by Gasteiger charge is -2.14. The van der Waals surface area contributed by atoms with Crippen molar-refractivity contribution in [2.24, 2.45) is 0 Å². The summed E-state index contributed by atoms with van der Waals surface area (Å²) in [6.07, 6.45) is 0.698. The molecular formula is C23H24BrFNO2+. The van der Waals surface area contributed by atoms with Crippen LogP contribution in [0.4, 0.5) is 4.39 Å². The van der Waals surface area contributed by atoms with Gasteiger partial charge in [0.15, 0.2) is 11.5 Å². The third-order valence-electron chi connectivity index (χ3n) is 4.47. The molecule has 0 aliphatic carbocycles. The number of hydrogen-bond donors (Lipinski definition) is 1. The number of hydrogen-bond acceptors (Lipinski definition) is 2. The number of methoxy groups -OCH3 is 1. The summed E-state index contributed by atoms with van der Waals surface area (Å²) in [6.45, 7) is 2.07. The maximum absolute atomic E-state index is 13.7. The number of benzene rings is 3. The van der Waals surface area contributed by atoms with Gasteiger partial charge >= 0.3 is 0 Å². The van der Waals surface area contributed by atoms with Gasteiger partial charge in [0.2, 0.25) is 0 Å². The van der Waals surface area contributed by atoms with Crippen molar-refractivity contribution in [3.63, 3.8) is 0 Å². The first kappa shape index (κ1) is 20.4. The molecule has 0 fully saturated rings. The molecule has 0 aromatic heterocycles. The third kappa shape index (κ3) is 5.57. The largest absolute Gasteiger partial charge is 0.493 e. The average Bonchev–Trinajstić information content (AvgIpc) is 2.72. The molecule has 0 saturated heterocycles. The van der Waals surface area contributed by atoms with E-state index in [-0.39, 0.29) is 5.82 Å². The van der Waals surface area contributed by atoms with Gasteiger partial charge in [0.05, 0.1) is 18.1 Å². The molecule has 2 N–H and O–H groups in total. The van der Waals surface area contributed by atoms with Crippen LogP contribution in [0.5, 0.6) is 11.5 Å². The van der Waals surface area contributed by atoms with Crippen LogP contribution >= 0.6 is 15.9 Å². The van der Waals surface area contributed by atoms with Gasteiger partial charge in [0, 0.05) is 12.0 Å². The molecule has 0 bridgehead atoms. The molecule has 146 valence electrons. The summed E-state index contributed by atoms with van der Waals surface area (Å²) >= 11 is 3.60. The van der Waals surface area contributed by atoms with Crippen molar-refractivity contribution in [3.05, 3.63) is 93.7 Å². The summed E-state index contributed by atoms with van der Waals surface area (Å²) in [6, 6.07) is 21.0. The third-order valence-corrected chi connectivity index (χ3v) is 5.06. The predicted molar refractivity (Wildman–Crippen MR) is 112 cm³/mol. The van der Waals surface area contributed by atoms with E-state index in [1.807, 2.05) is 54.6 Å². The Balaban J connectivity index is 1.58. The second kappa shape index (κ2) is 10.2. The van der Waals surface area contributed by atoms with Crippen LogP contribution in [-0.2, 0) is 19.6 Å². The quantitative estimate of drug-likeness (QED) is 0.493. The SMILES string of the molecule is COc1cc(C[NH2+]CCc2ccccc2F)cc(Br)c1OCc1ccccc1. The van der Waals surface area contributed by atoms with Crippen LogP contribution in [0.15, 0.2) is 71.2 Å². The summed E-state index contributed by atoms with van der Waals surface area (Å²) in [5.41, 5.74) is 2.97. The number of rotatable bonds is 9. The Morgan fingerprint density at radius 3 is 2.46 bits per heavy atom. The molecule has 0 aliphatic rings. The van der Waals surface area contributed by atoms with Gasteiger partial charge in [-0.25, -0.2) is 4.39 Å². The molecule has 28 heavy (non-hydrogen) atoms. The van der Waals surface area contributed by atoms with Crippen molar-refractivity contribution in [2.75, 3.05) is 13.7 Å². The Hall–Kier alpha value is -2.37. The van der Waals surface area contributed by atoms with Crippen LogP contribution in [-0.4, -0.2) is 13.7 Å². The second-order valence-electron chi connectivity index (χ2n) is 6.51. The van der Waals surface area contributed by atoms with E-state index in [4.69, 9.17) is 9.47 Å². The summed E-state index contributed by atoms with van der Waals surface area (Å²) in [4.78, 5) is 0. The maximum atomic E-state index is 13.7. The van der Waals surface area contributed by atoms with E-state index in [0.29, 0.717) is 24.5 Å². The van der Waals surface area contributed by atoms with Crippen LogP contribution in [0.1, 0.15) is 16.7 Å². The molecule has 3 aromatic carbocycles. The van der Waals surface area contributed by atoms with Gasteiger partial charge in [-0.1, -0.05) is 48.5 Å². The van der Waals surface area contributed by atoms with E-state index < -0.39 is 0 Å². The van der Waals surface area contributed by atoms with Crippen molar-refractivity contribution in [1.82, 2.24) is 0 Å². The average molecular weight is 445 g/mol. The fraction of sp³-hybridized carbons (Fsp3) is 0.217. The molecular weight excluding hydrogens is 421 g/mol. The van der Waals surface area contributed by atoms with Gasteiger partial charge in [-0.15, -0.1) is 0 Å². The van der Waals surface area contributed by atoms with Crippen molar-refractivity contribution >= 4 is 15.9 Å². The molecule has 5 heteroatoms. The number of halogens is 2. The summed E-state index contributed by atoms with van der Waals surface area (Å²) in [5, 5.41) is 2.16. The van der Waals surface area contributed by atoms with E-state index >= 15 is 0 Å². The van der Waals surface area contributed by atoms with Gasteiger partial charge in [0.1, 0.15) is 19.0 Å². The van der Waals surface area contributed by atoms with Crippen LogP contribution in [0.25, 0.3) is 0 Å². The Labute approximate surface area is 173 Å². The zero-order valence-corrected chi connectivity index (χ0v) is 17.4. The van der Waals surface area contributed by atoms with Gasteiger partial charge in [-0.3, -0.25) is 0 Å². The molecule has 0 radical (unpaired) electrons.